The van der Waals surface area contributed by atoms with Crippen molar-refractivity contribution in [3.63, 3.8) is 0 Å². The second kappa shape index (κ2) is 19.5. The van der Waals surface area contributed by atoms with E-state index in [-0.39, 0.29) is 29.9 Å². The van der Waals surface area contributed by atoms with Crippen molar-refractivity contribution < 1.29 is 52.3 Å². The van der Waals surface area contributed by atoms with Crippen LogP contribution in [0.25, 0.3) is 0 Å². The Morgan fingerprint density at radius 2 is 1.09 bits per heavy atom. The van der Waals surface area contributed by atoms with Crippen LogP contribution in [0.2, 0.25) is 0 Å². The molecule has 1 saturated heterocycles. The van der Waals surface area contributed by atoms with Crippen molar-refractivity contribution in [1.29, 1.82) is 0 Å². The fourth-order valence-corrected chi connectivity index (χ4v) is 6.34. The molecule has 0 radical (unpaired) electrons. The summed E-state index contributed by atoms with van der Waals surface area (Å²) in [7, 11) is 1.45. The monoisotopic (exact) mass is 772 g/mol. The van der Waals surface area contributed by atoms with Gasteiger partial charge in [-0.25, -0.2) is 14.4 Å². The standard InChI is InChI=1S/C46H44O11/c1-4-31-20-22-32(23-21-31)26-37-25-24-33(28-52-30(2)47)27-38(37)53-46-42(57-45(50)36-18-12-7-13-19-36)41(56-44(49)35-16-10-6-11-17-35)40(39(54-46)29-51-3)55-43(48)34-14-8-5-9-15-34/h5-25,27,39-42,46H,4,26,28-29H2,1-3H3/t39-,40-,41+,42-,46-/m1/s1. The maximum absolute atomic E-state index is 13.9. The van der Waals surface area contributed by atoms with Gasteiger partial charge in [0.1, 0.15) is 18.5 Å². The number of aryl methyl sites for hydroxylation is 1. The summed E-state index contributed by atoms with van der Waals surface area (Å²) in [4.78, 5) is 53.2. The number of hydrogen-bond acceptors (Lipinski definition) is 11. The van der Waals surface area contributed by atoms with E-state index in [2.05, 4.69) is 19.1 Å². The number of hydrogen-bond donors (Lipinski definition) is 0. The van der Waals surface area contributed by atoms with Crippen LogP contribution in [0.1, 0.15) is 67.2 Å². The van der Waals surface area contributed by atoms with Crippen LogP contribution < -0.4 is 4.74 Å². The van der Waals surface area contributed by atoms with Gasteiger partial charge in [0.05, 0.1) is 23.3 Å². The van der Waals surface area contributed by atoms with Crippen molar-refractivity contribution >= 4 is 23.9 Å². The number of carbonyl (C=O) groups is 4. The predicted octanol–water partition coefficient (Wildman–Crippen LogP) is 7.33. The molecule has 0 aliphatic carbocycles. The molecule has 0 spiro atoms. The molecule has 11 nitrogen and oxygen atoms in total. The Balaban J connectivity index is 1.44. The summed E-state index contributed by atoms with van der Waals surface area (Å²) in [6.07, 6.45) is -5.50. The van der Waals surface area contributed by atoms with Crippen molar-refractivity contribution in [1.82, 2.24) is 0 Å². The van der Waals surface area contributed by atoms with Crippen LogP contribution in [-0.2, 0) is 52.7 Å². The number of methoxy groups -OCH3 is 1. The van der Waals surface area contributed by atoms with Crippen LogP contribution in [0.4, 0.5) is 0 Å². The van der Waals surface area contributed by atoms with E-state index in [0.29, 0.717) is 17.7 Å². The highest BCUT2D eigenvalue weighted by Gasteiger charge is 2.54. The topological polar surface area (TPSA) is 133 Å². The number of benzene rings is 5. The molecule has 1 heterocycles. The molecule has 5 aromatic rings. The van der Waals surface area contributed by atoms with Crippen molar-refractivity contribution in [2.24, 2.45) is 0 Å². The predicted molar refractivity (Wildman–Crippen MR) is 209 cm³/mol. The largest absolute Gasteiger partial charge is 0.461 e. The zero-order valence-corrected chi connectivity index (χ0v) is 31.9. The van der Waals surface area contributed by atoms with E-state index in [1.807, 2.05) is 24.3 Å². The normalized spacial score (nSPS) is 18.8. The quantitative estimate of drug-likeness (QED) is 0.0783. The first-order valence-corrected chi connectivity index (χ1v) is 18.6. The second-order valence-corrected chi connectivity index (χ2v) is 13.4. The lowest BCUT2D eigenvalue weighted by Crippen LogP contribution is -2.63. The Kier molecular flexibility index (Phi) is 13.8. The number of rotatable bonds is 15. The molecule has 5 atom stereocenters. The van der Waals surface area contributed by atoms with Gasteiger partial charge in [-0.05, 0) is 71.1 Å². The van der Waals surface area contributed by atoms with E-state index in [1.165, 1.54) is 19.6 Å². The van der Waals surface area contributed by atoms with E-state index < -0.39 is 54.6 Å². The average Bonchev–Trinajstić information content (AvgIpc) is 3.24. The molecule has 1 aliphatic rings. The summed E-state index contributed by atoms with van der Waals surface area (Å²) >= 11 is 0. The minimum Gasteiger partial charge on any atom is -0.461 e. The number of carbonyl (C=O) groups excluding carboxylic acids is 4. The maximum atomic E-state index is 13.9. The average molecular weight is 773 g/mol. The van der Waals surface area contributed by atoms with E-state index in [9.17, 15) is 19.2 Å². The highest BCUT2D eigenvalue weighted by Crippen LogP contribution is 2.34. The summed E-state index contributed by atoms with van der Waals surface area (Å²) in [6.45, 7) is 3.24. The summed E-state index contributed by atoms with van der Waals surface area (Å²) in [6, 6.07) is 38.5. The minimum absolute atomic E-state index is 0.0315. The highest BCUT2D eigenvalue weighted by molar-refractivity contribution is 5.91. The van der Waals surface area contributed by atoms with Gasteiger partial charge in [-0.3, -0.25) is 4.79 Å². The molecule has 5 aromatic carbocycles. The Morgan fingerprint density at radius 1 is 0.596 bits per heavy atom. The molecule has 6 rings (SSSR count). The van der Waals surface area contributed by atoms with Gasteiger partial charge in [-0.2, -0.15) is 0 Å². The van der Waals surface area contributed by atoms with Gasteiger partial charge in [0.2, 0.25) is 12.4 Å². The van der Waals surface area contributed by atoms with E-state index >= 15 is 0 Å². The van der Waals surface area contributed by atoms with Crippen LogP contribution in [0, 0.1) is 0 Å². The Labute approximate surface area is 331 Å². The fraction of sp³-hybridized carbons (Fsp3) is 0.261. The third kappa shape index (κ3) is 10.7. The molecular formula is C46H44O11. The third-order valence-corrected chi connectivity index (χ3v) is 9.32. The van der Waals surface area contributed by atoms with Crippen molar-refractivity contribution in [2.45, 2.75) is 64.0 Å². The number of ether oxygens (including phenoxy) is 7. The van der Waals surface area contributed by atoms with Gasteiger partial charge in [-0.1, -0.05) is 97.9 Å². The van der Waals surface area contributed by atoms with Gasteiger partial charge >= 0.3 is 23.9 Å². The molecule has 1 aliphatic heterocycles. The van der Waals surface area contributed by atoms with Crippen LogP contribution in [-0.4, -0.2) is 68.3 Å². The lowest BCUT2D eigenvalue weighted by molar-refractivity contribution is -0.276. The van der Waals surface area contributed by atoms with E-state index in [0.717, 1.165) is 17.5 Å². The molecule has 0 saturated carbocycles. The summed E-state index contributed by atoms with van der Waals surface area (Å²) < 4.78 is 42.6. The molecule has 0 aromatic heterocycles. The molecule has 0 bridgehead atoms. The molecule has 0 amide bonds. The summed E-state index contributed by atoms with van der Waals surface area (Å²) in [5, 5.41) is 0. The van der Waals surface area contributed by atoms with Crippen molar-refractivity contribution in [2.75, 3.05) is 13.7 Å². The second-order valence-electron chi connectivity index (χ2n) is 13.4. The molecular weight excluding hydrogens is 728 g/mol. The first-order valence-electron chi connectivity index (χ1n) is 18.6. The first kappa shape index (κ1) is 40.4. The molecule has 0 N–H and O–H groups in total. The fourth-order valence-electron chi connectivity index (χ4n) is 6.34. The summed E-state index contributed by atoms with van der Waals surface area (Å²) in [5.41, 5.74) is 4.20. The SMILES string of the molecule is CCc1ccc(Cc2ccc(COC(C)=O)cc2O[C@@H]2O[C@H](COC)[C@@H](OC(=O)c3ccccc3)[C@H](OC(=O)c3ccccc3)[C@H]2OC(=O)c2ccccc2)cc1. The molecule has 57 heavy (non-hydrogen) atoms. The van der Waals surface area contributed by atoms with Gasteiger partial charge in [0, 0.05) is 20.5 Å². The lowest BCUT2D eigenvalue weighted by Gasteiger charge is -2.44. The Morgan fingerprint density at radius 3 is 1.60 bits per heavy atom. The van der Waals surface area contributed by atoms with Crippen LogP contribution in [0.3, 0.4) is 0 Å². The Bertz CT molecular complexity index is 2100. The summed E-state index contributed by atoms with van der Waals surface area (Å²) in [5.74, 6) is -2.39. The Hall–Kier alpha value is -6.30. The zero-order valence-electron chi connectivity index (χ0n) is 31.9. The molecule has 1 fully saturated rings. The third-order valence-electron chi connectivity index (χ3n) is 9.32. The lowest BCUT2D eigenvalue weighted by atomic mass is 9.97. The van der Waals surface area contributed by atoms with Crippen LogP contribution in [0.15, 0.2) is 133 Å². The highest BCUT2D eigenvalue weighted by atomic mass is 16.7. The van der Waals surface area contributed by atoms with Gasteiger partial charge in [0.15, 0.2) is 12.2 Å². The number of esters is 4. The first-order chi connectivity index (χ1) is 27.7. The molecule has 11 heteroatoms. The smallest absolute Gasteiger partial charge is 0.338 e. The van der Waals surface area contributed by atoms with Crippen LogP contribution >= 0.6 is 0 Å². The molecule has 0 unspecified atom stereocenters. The van der Waals surface area contributed by atoms with E-state index in [1.54, 1.807) is 97.1 Å². The van der Waals surface area contributed by atoms with Gasteiger partial charge in [-0.15, -0.1) is 0 Å². The van der Waals surface area contributed by atoms with Crippen LogP contribution in [0.5, 0.6) is 5.75 Å². The minimum atomic E-state index is -1.50. The van der Waals surface area contributed by atoms with E-state index in [4.69, 9.17) is 33.2 Å². The van der Waals surface area contributed by atoms with Gasteiger partial charge < -0.3 is 33.2 Å². The molecule has 294 valence electrons. The zero-order chi connectivity index (χ0) is 40.1. The van der Waals surface area contributed by atoms with Crippen molar-refractivity contribution in [3.8, 4) is 5.75 Å². The van der Waals surface area contributed by atoms with Crippen molar-refractivity contribution in [3.05, 3.63) is 172 Å². The maximum Gasteiger partial charge on any atom is 0.338 e. The van der Waals surface area contributed by atoms with Gasteiger partial charge in [0.25, 0.3) is 0 Å².